The maximum atomic E-state index is 11.8. The molecule has 0 radical (unpaired) electrons. The summed E-state index contributed by atoms with van der Waals surface area (Å²) in [4.78, 5) is 22.0. The lowest BCUT2D eigenvalue weighted by atomic mass is 10.1. The summed E-state index contributed by atoms with van der Waals surface area (Å²) < 4.78 is 0. The van der Waals surface area contributed by atoms with Crippen molar-refractivity contribution in [1.29, 1.82) is 0 Å². The number of anilines is 1. The van der Waals surface area contributed by atoms with E-state index in [2.05, 4.69) is 10.7 Å². The lowest BCUT2D eigenvalue weighted by Crippen LogP contribution is -2.27. The van der Waals surface area contributed by atoms with Gasteiger partial charge in [0.05, 0.1) is 10.5 Å². The fourth-order valence-electron chi connectivity index (χ4n) is 1.40. The number of nitro benzene ring substituents is 1. The lowest BCUT2D eigenvalue weighted by molar-refractivity contribution is -0.384. The molecule has 4 N–H and O–H groups in total. The number of carbonyl (C=O) groups excluding carboxylic acids is 1. The standard InChI is InChI=1S/C10H14N4O3S/c1-18-6-5-12-10(15)7-3-2-4-8(14(16)17)9(7)13-11/h2-4,13H,5-6,11H2,1H3,(H,12,15). The molecule has 0 heterocycles. The Morgan fingerprint density at radius 3 is 2.83 bits per heavy atom. The van der Waals surface area contributed by atoms with Crippen molar-refractivity contribution >= 4 is 29.0 Å². The maximum absolute atomic E-state index is 11.8. The van der Waals surface area contributed by atoms with Crippen LogP contribution in [0.2, 0.25) is 0 Å². The minimum atomic E-state index is -0.589. The zero-order valence-electron chi connectivity index (χ0n) is 9.80. The van der Waals surface area contributed by atoms with Crippen LogP contribution in [-0.2, 0) is 0 Å². The number of hydrogen-bond donors (Lipinski definition) is 3. The van der Waals surface area contributed by atoms with Crippen LogP contribution in [0, 0.1) is 10.1 Å². The van der Waals surface area contributed by atoms with Gasteiger partial charge in [0.25, 0.3) is 11.6 Å². The molecule has 0 aliphatic rings. The summed E-state index contributed by atoms with van der Waals surface area (Å²) in [6.45, 7) is 0.493. The molecule has 1 aromatic carbocycles. The van der Waals surface area contributed by atoms with Gasteiger partial charge in [-0.05, 0) is 12.3 Å². The van der Waals surface area contributed by atoms with E-state index in [-0.39, 0.29) is 22.8 Å². The highest BCUT2D eigenvalue weighted by Gasteiger charge is 2.20. The number of hydrazine groups is 1. The number of thioether (sulfide) groups is 1. The predicted molar refractivity (Wildman–Crippen MR) is 71.6 cm³/mol. The van der Waals surface area contributed by atoms with Gasteiger partial charge in [-0.15, -0.1) is 0 Å². The van der Waals surface area contributed by atoms with E-state index < -0.39 is 4.92 Å². The van der Waals surface area contributed by atoms with Gasteiger partial charge >= 0.3 is 0 Å². The molecule has 0 aliphatic heterocycles. The highest BCUT2D eigenvalue weighted by molar-refractivity contribution is 7.98. The number of nitrogens with zero attached hydrogens (tertiary/aromatic N) is 1. The van der Waals surface area contributed by atoms with Gasteiger partial charge in [-0.3, -0.25) is 20.8 Å². The van der Waals surface area contributed by atoms with E-state index in [0.29, 0.717) is 6.54 Å². The number of nitrogen functional groups attached to an aromatic ring is 1. The second kappa shape index (κ2) is 6.82. The molecule has 0 saturated carbocycles. The fourth-order valence-corrected chi connectivity index (χ4v) is 1.70. The van der Waals surface area contributed by atoms with Crippen LogP contribution in [0.5, 0.6) is 0 Å². The SMILES string of the molecule is CSCCNC(=O)c1cccc([N+](=O)[O-])c1NN. The first kappa shape index (κ1) is 14.3. The van der Waals surface area contributed by atoms with Crippen molar-refractivity contribution in [1.82, 2.24) is 5.32 Å². The summed E-state index contributed by atoms with van der Waals surface area (Å²) in [5, 5.41) is 13.5. The molecule has 0 atom stereocenters. The third-order valence-corrected chi connectivity index (χ3v) is 2.83. The normalized spacial score (nSPS) is 9.89. The molecule has 7 nitrogen and oxygen atoms in total. The zero-order chi connectivity index (χ0) is 13.5. The smallest absolute Gasteiger partial charge is 0.294 e. The Labute approximate surface area is 108 Å². The van der Waals surface area contributed by atoms with Crippen LogP contribution in [0.3, 0.4) is 0 Å². The van der Waals surface area contributed by atoms with E-state index in [9.17, 15) is 14.9 Å². The van der Waals surface area contributed by atoms with E-state index in [1.54, 1.807) is 11.8 Å². The Hall–Kier alpha value is -1.80. The maximum Gasteiger partial charge on any atom is 0.294 e. The zero-order valence-corrected chi connectivity index (χ0v) is 10.6. The van der Waals surface area contributed by atoms with Gasteiger partial charge in [0.15, 0.2) is 0 Å². The van der Waals surface area contributed by atoms with Crippen molar-refractivity contribution in [2.75, 3.05) is 24.0 Å². The van der Waals surface area contributed by atoms with E-state index in [1.165, 1.54) is 18.2 Å². The number of carbonyl (C=O) groups is 1. The summed E-state index contributed by atoms with van der Waals surface area (Å²) in [6.07, 6.45) is 1.92. The summed E-state index contributed by atoms with van der Waals surface area (Å²) in [7, 11) is 0. The van der Waals surface area contributed by atoms with Crippen LogP contribution in [0.1, 0.15) is 10.4 Å². The Kier molecular flexibility index (Phi) is 5.40. The number of amides is 1. The third kappa shape index (κ3) is 3.34. The first-order valence-corrected chi connectivity index (χ1v) is 6.52. The molecule has 8 heteroatoms. The number of nitrogens with two attached hydrogens (primary N) is 1. The molecule has 98 valence electrons. The number of para-hydroxylation sites is 1. The minimum absolute atomic E-state index is 0.0177. The first-order chi connectivity index (χ1) is 8.61. The second-order valence-electron chi connectivity index (χ2n) is 3.35. The van der Waals surface area contributed by atoms with Crippen molar-refractivity contribution < 1.29 is 9.72 Å². The molecule has 0 bridgehead atoms. The first-order valence-electron chi connectivity index (χ1n) is 5.13. The second-order valence-corrected chi connectivity index (χ2v) is 4.34. The average molecular weight is 270 g/mol. The molecule has 0 spiro atoms. The Morgan fingerprint density at radius 2 is 2.28 bits per heavy atom. The van der Waals surface area contributed by atoms with Gasteiger partial charge in [0.1, 0.15) is 5.69 Å². The van der Waals surface area contributed by atoms with Crippen molar-refractivity contribution in [3.05, 3.63) is 33.9 Å². The predicted octanol–water partition coefficient (Wildman–Crippen LogP) is 0.973. The molecule has 1 rings (SSSR count). The highest BCUT2D eigenvalue weighted by atomic mass is 32.2. The van der Waals surface area contributed by atoms with Gasteiger partial charge in [-0.2, -0.15) is 11.8 Å². The molecule has 0 saturated heterocycles. The van der Waals surface area contributed by atoms with Crippen LogP contribution in [0.25, 0.3) is 0 Å². The van der Waals surface area contributed by atoms with Gasteiger partial charge in [0.2, 0.25) is 0 Å². The van der Waals surface area contributed by atoms with Gasteiger partial charge < -0.3 is 10.7 Å². The van der Waals surface area contributed by atoms with E-state index >= 15 is 0 Å². The monoisotopic (exact) mass is 270 g/mol. The van der Waals surface area contributed by atoms with Crippen LogP contribution in [0.4, 0.5) is 11.4 Å². The topological polar surface area (TPSA) is 110 Å². The highest BCUT2D eigenvalue weighted by Crippen LogP contribution is 2.27. The average Bonchev–Trinajstić information content (AvgIpc) is 2.37. The molecule has 0 unspecified atom stereocenters. The van der Waals surface area contributed by atoms with Crippen molar-refractivity contribution in [2.45, 2.75) is 0 Å². The lowest BCUT2D eigenvalue weighted by Gasteiger charge is -2.09. The summed E-state index contributed by atoms with van der Waals surface area (Å²) >= 11 is 1.59. The number of hydrogen-bond acceptors (Lipinski definition) is 6. The summed E-state index contributed by atoms with van der Waals surface area (Å²) in [5.41, 5.74) is 2.16. The number of benzene rings is 1. The fraction of sp³-hybridized carbons (Fsp3) is 0.300. The van der Waals surface area contributed by atoms with E-state index in [0.717, 1.165) is 5.75 Å². The third-order valence-electron chi connectivity index (χ3n) is 2.22. The number of rotatable bonds is 6. The van der Waals surface area contributed by atoms with Crippen LogP contribution in [0.15, 0.2) is 18.2 Å². The summed E-state index contributed by atoms with van der Waals surface area (Å²) in [6, 6.07) is 4.22. The van der Waals surface area contributed by atoms with Crippen LogP contribution in [-0.4, -0.2) is 29.4 Å². The van der Waals surface area contributed by atoms with Gasteiger partial charge in [0, 0.05) is 18.4 Å². The summed E-state index contributed by atoms with van der Waals surface area (Å²) in [5.74, 6) is 5.62. The molecule has 0 aliphatic carbocycles. The largest absolute Gasteiger partial charge is 0.351 e. The Balaban J connectivity index is 2.97. The van der Waals surface area contributed by atoms with E-state index in [1.807, 2.05) is 6.26 Å². The van der Waals surface area contributed by atoms with Gasteiger partial charge in [-0.1, -0.05) is 6.07 Å². The number of nitro groups is 1. The van der Waals surface area contributed by atoms with Crippen molar-refractivity contribution in [2.24, 2.45) is 5.84 Å². The molecule has 0 aromatic heterocycles. The molecule has 1 amide bonds. The molecule has 18 heavy (non-hydrogen) atoms. The minimum Gasteiger partial charge on any atom is -0.351 e. The van der Waals surface area contributed by atoms with Gasteiger partial charge in [-0.25, -0.2) is 0 Å². The van der Waals surface area contributed by atoms with Crippen LogP contribution >= 0.6 is 11.8 Å². The van der Waals surface area contributed by atoms with Crippen molar-refractivity contribution in [3.63, 3.8) is 0 Å². The molecular weight excluding hydrogens is 256 g/mol. The Bertz CT molecular complexity index is 453. The van der Waals surface area contributed by atoms with Crippen molar-refractivity contribution in [3.8, 4) is 0 Å². The van der Waals surface area contributed by atoms with Crippen LogP contribution < -0.4 is 16.6 Å². The Morgan fingerprint density at radius 1 is 1.56 bits per heavy atom. The molecule has 1 aromatic rings. The molecule has 0 fully saturated rings. The number of nitrogens with one attached hydrogen (secondary N) is 2. The van der Waals surface area contributed by atoms with E-state index in [4.69, 9.17) is 5.84 Å². The molecular formula is C10H14N4O3S. The quantitative estimate of drug-likeness (QED) is 0.307.